The zero-order valence-corrected chi connectivity index (χ0v) is 33.4. The summed E-state index contributed by atoms with van der Waals surface area (Å²) in [6, 6.07) is 32.1. The first-order chi connectivity index (χ1) is 28.2. The average Bonchev–Trinajstić information content (AvgIpc) is 3.93. The minimum atomic E-state index is 0.109. The highest BCUT2D eigenvalue weighted by Crippen LogP contribution is 2.42. The lowest BCUT2D eigenvalue weighted by molar-refractivity contribution is 0.481. The van der Waals surface area contributed by atoms with Crippen LogP contribution in [0.3, 0.4) is 0 Å². The Labute approximate surface area is 339 Å². The van der Waals surface area contributed by atoms with E-state index in [4.69, 9.17) is 19.4 Å². The third kappa shape index (κ3) is 4.73. The Morgan fingerprint density at radius 3 is 1.81 bits per heavy atom. The maximum absolute atomic E-state index is 12.3. The van der Waals surface area contributed by atoms with Crippen LogP contribution in [-0.4, -0.2) is 76.3 Å². The second-order valence-electron chi connectivity index (χ2n) is 15.8. The average molecular weight is 743 g/mol. The summed E-state index contributed by atoms with van der Waals surface area (Å²) < 4.78 is 11.5. The number of aromatic nitrogens is 5. The Morgan fingerprint density at radius 1 is 0.534 bits per heavy atom. The molecule has 0 unspecified atom stereocenters. The van der Waals surface area contributed by atoms with Gasteiger partial charge < -0.3 is 14.1 Å². The molecule has 0 radical (unpaired) electrons. The molecule has 1 N–H and O–H groups in total. The monoisotopic (exact) mass is 743 g/mol. The largest absolute Gasteiger partial charge is 0.508 e. The molecule has 0 aliphatic heterocycles. The third-order valence-corrected chi connectivity index (χ3v) is 12.9. The minimum Gasteiger partial charge on any atom is -0.508 e. The van der Waals surface area contributed by atoms with Crippen LogP contribution in [0.5, 0.6) is 5.75 Å². The number of phenols is 1. The van der Waals surface area contributed by atoms with Gasteiger partial charge in [0.25, 0.3) is 0 Å². The predicted molar refractivity (Wildman–Crippen MR) is 258 cm³/mol. The lowest BCUT2D eigenvalue weighted by Gasteiger charge is -2.16. The van der Waals surface area contributed by atoms with Crippen LogP contribution >= 0.6 is 0 Å². The fraction of sp³-hybridized carbons (Fsp3) is 0.0444. The minimum absolute atomic E-state index is 0.109. The first kappa shape index (κ1) is 34.6. The van der Waals surface area contributed by atoms with Crippen LogP contribution in [0.1, 0.15) is 18.7 Å². The number of furan rings is 1. The molecular weight excluding hydrogens is 707 g/mol. The molecule has 58 heavy (non-hydrogen) atoms. The standard InChI is InChI=1S/C45H35B6N5O2/c46-32-30-29-33(47)36(50)40(57)31(41(29)58-42(30)37(51)35(49)34(32)48)44-52-43(21-11-3-1-4-12-21)53-45(54-44)56-28-18-10-8-16-24(28)26-20-19-25-23-15-7-9-17-27(23)55(38(25)39(26)56)22-13-5-2-6-14-22/h2-3,5-20,57H,1,4,46-51H2. The van der Waals surface area contributed by atoms with Gasteiger partial charge in [0.05, 0.1) is 22.1 Å². The molecule has 0 bridgehead atoms. The summed E-state index contributed by atoms with van der Waals surface area (Å²) in [7, 11) is 12.6. The molecule has 13 heteroatoms. The highest BCUT2D eigenvalue weighted by Gasteiger charge is 2.28. The van der Waals surface area contributed by atoms with Gasteiger partial charge in [0.15, 0.2) is 11.6 Å². The van der Waals surface area contributed by atoms with Crippen LogP contribution in [0.4, 0.5) is 0 Å². The molecule has 4 aromatic heterocycles. The normalized spacial score (nSPS) is 13.2. The van der Waals surface area contributed by atoms with E-state index in [1.807, 2.05) is 7.85 Å². The molecule has 10 aromatic rings. The number of hydrogen-bond acceptors (Lipinski definition) is 5. The number of para-hydroxylation sites is 3. The van der Waals surface area contributed by atoms with E-state index in [1.165, 1.54) is 16.4 Å². The van der Waals surface area contributed by atoms with Gasteiger partial charge in [0, 0.05) is 43.6 Å². The van der Waals surface area contributed by atoms with E-state index in [1.54, 1.807) is 0 Å². The smallest absolute Gasteiger partial charge is 0.238 e. The van der Waals surface area contributed by atoms with Crippen LogP contribution in [0.2, 0.25) is 0 Å². The van der Waals surface area contributed by atoms with Crippen molar-refractivity contribution in [3.05, 3.63) is 115 Å². The van der Waals surface area contributed by atoms with Crippen molar-refractivity contribution in [3.8, 4) is 28.8 Å². The van der Waals surface area contributed by atoms with Crippen LogP contribution in [0, 0.1) is 0 Å². The van der Waals surface area contributed by atoms with Crippen LogP contribution in [0.25, 0.3) is 94.1 Å². The number of allylic oxidation sites excluding steroid dienone is 4. The zero-order valence-electron chi connectivity index (χ0n) is 33.4. The summed E-state index contributed by atoms with van der Waals surface area (Å²) in [6.45, 7) is 0. The predicted octanol–water partition coefficient (Wildman–Crippen LogP) is 0.622. The molecule has 0 saturated heterocycles. The lowest BCUT2D eigenvalue weighted by atomic mass is 9.65. The van der Waals surface area contributed by atoms with Gasteiger partial charge in [-0.15, -0.1) is 5.46 Å². The first-order valence-electron chi connectivity index (χ1n) is 20.0. The molecule has 0 saturated carbocycles. The van der Waals surface area contributed by atoms with Crippen molar-refractivity contribution in [2.45, 2.75) is 12.8 Å². The molecule has 7 nitrogen and oxygen atoms in total. The SMILES string of the molecule is Bc1c(B)c(B)c2c(oc3c(-c4nc(C5=CCCC=C5)nc(-n5c6ccccc6c6ccc7c8ccccc8n(-c8ccccc8)c7c65)n4)c(O)c(B)c(B)c32)c1B. The number of nitrogens with zero attached hydrogens (tertiary/aromatic N) is 5. The van der Waals surface area contributed by atoms with Gasteiger partial charge in [-0.3, -0.25) is 4.57 Å². The van der Waals surface area contributed by atoms with Gasteiger partial charge in [-0.25, -0.2) is 4.98 Å². The Kier molecular flexibility index (Phi) is 7.58. The second kappa shape index (κ2) is 12.7. The fourth-order valence-electron chi connectivity index (χ4n) is 9.41. The topological polar surface area (TPSA) is 81.9 Å². The molecule has 0 fully saturated rings. The van der Waals surface area contributed by atoms with E-state index < -0.39 is 0 Å². The van der Waals surface area contributed by atoms with Crippen molar-refractivity contribution in [2.24, 2.45) is 0 Å². The van der Waals surface area contributed by atoms with Gasteiger partial charge in [-0.1, -0.05) is 112 Å². The maximum Gasteiger partial charge on any atom is 0.238 e. The van der Waals surface area contributed by atoms with E-state index in [-0.39, 0.29) is 5.75 Å². The summed E-state index contributed by atoms with van der Waals surface area (Å²) in [5.74, 6) is 1.47. The molecule has 1 aliphatic rings. The van der Waals surface area contributed by atoms with Gasteiger partial charge in [0.1, 0.15) is 69.6 Å². The Morgan fingerprint density at radius 2 is 1.12 bits per heavy atom. The van der Waals surface area contributed by atoms with Gasteiger partial charge in [-0.05, 0) is 37.1 Å². The van der Waals surface area contributed by atoms with E-state index in [0.717, 1.165) is 100 Å². The maximum atomic E-state index is 12.3. The second-order valence-corrected chi connectivity index (χ2v) is 15.8. The van der Waals surface area contributed by atoms with E-state index in [9.17, 15) is 5.11 Å². The fourth-order valence-corrected chi connectivity index (χ4v) is 9.41. The summed E-state index contributed by atoms with van der Waals surface area (Å²) >= 11 is 0. The number of hydrogen-bond donors (Lipinski definition) is 1. The summed E-state index contributed by atoms with van der Waals surface area (Å²) in [5.41, 5.74) is 14.5. The van der Waals surface area contributed by atoms with Crippen LogP contribution < -0.4 is 32.8 Å². The summed E-state index contributed by atoms with van der Waals surface area (Å²) in [5, 5.41) is 18.8. The molecule has 0 spiro atoms. The summed E-state index contributed by atoms with van der Waals surface area (Å²) in [6.07, 6.45) is 8.30. The third-order valence-electron chi connectivity index (χ3n) is 12.9. The molecule has 1 aliphatic carbocycles. The zero-order chi connectivity index (χ0) is 39.6. The lowest BCUT2D eigenvalue weighted by Crippen LogP contribution is -2.47. The molecular formula is C45H35B6N5O2. The number of phenolic OH excluding ortho intramolecular Hbond substituents is 1. The van der Waals surface area contributed by atoms with Crippen molar-refractivity contribution in [2.75, 3.05) is 0 Å². The Hall–Kier alpha value is -6.60. The van der Waals surface area contributed by atoms with Gasteiger partial charge >= 0.3 is 0 Å². The molecule has 11 rings (SSSR count). The van der Waals surface area contributed by atoms with Crippen molar-refractivity contribution in [3.63, 3.8) is 0 Å². The van der Waals surface area contributed by atoms with Gasteiger partial charge in [-0.2, -0.15) is 9.97 Å². The number of aromatic hydroxyl groups is 1. The van der Waals surface area contributed by atoms with Crippen molar-refractivity contribution in [1.82, 2.24) is 24.1 Å². The molecule has 6 aromatic carbocycles. The Bertz CT molecular complexity index is 3490. The highest BCUT2D eigenvalue weighted by molar-refractivity contribution is 6.68. The quantitative estimate of drug-likeness (QED) is 0.268. The van der Waals surface area contributed by atoms with Crippen molar-refractivity contribution >= 4 is 151 Å². The number of benzene rings is 6. The first-order valence-corrected chi connectivity index (χ1v) is 20.0. The van der Waals surface area contributed by atoms with Crippen molar-refractivity contribution in [1.29, 1.82) is 0 Å². The van der Waals surface area contributed by atoms with E-state index in [2.05, 4.69) is 158 Å². The molecule has 0 atom stereocenters. The van der Waals surface area contributed by atoms with E-state index in [0.29, 0.717) is 28.7 Å². The van der Waals surface area contributed by atoms with Crippen molar-refractivity contribution < 1.29 is 9.52 Å². The van der Waals surface area contributed by atoms with Crippen LogP contribution in [0.15, 0.2) is 114 Å². The molecule has 270 valence electrons. The highest BCUT2D eigenvalue weighted by atomic mass is 16.3. The summed E-state index contributed by atoms with van der Waals surface area (Å²) in [4.78, 5) is 15.9. The Balaban J connectivity index is 1.32. The number of fused-ring (bicyclic) bond motifs is 10. The number of rotatable bonds is 4. The molecule has 0 amide bonds. The van der Waals surface area contributed by atoms with Crippen LogP contribution in [-0.2, 0) is 0 Å². The molecule has 4 heterocycles. The van der Waals surface area contributed by atoms with E-state index >= 15 is 0 Å². The van der Waals surface area contributed by atoms with Gasteiger partial charge in [0.2, 0.25) is 5.95 Å².